The van der Waals surface area contributed by atoms with Crippen molar-refractivity contribution in [1.82, 2.24) is 4.57 Å². The molecule has 0 bridgehead atoms. The molecule has 0 spiro atoms. The highest BCUT2D eigenvalue weighted by molar-refractivity contribution is 7.17. The maximum atomic E-state index is 13.1. The van der Waals surface area contributed by atoms with Crippen molar-refractivity contribution in [2.75, 3.05) is 19.5 Å². The van der Waals surface area contributed by atoms with E-state index in [-0.39, 0.29) is 5.91 Å². The summed E-state index contributed by atoms with van der Waals surface area (Å²) in [6.07, 6.45) is 0. The molecule has 2 aromatic heterocycles. The van der Waals surface area contributed by atoms with Crippen LogP contribution in [0, 0.1) is 0 Å². The molecule has 0 saturated heterocycles. The van der Waals surface area contributed by atoms with Crippen LogP contribution >= 0.6 is 11.3 Å². The number of carbonyl (C=O) groups excluding carboxylic acids is 1. The number of ether oxygens (including phenoxy) is 2. The van der Waals surface area contributed by atoms with Crippen molar-refractivity contribution < 1.29 is 14.3 Å². The molecule has 6 heteroatoms. The molecule has 0 fully saturated rings. The fraction of sp³-hybridized carbons (Fsp3) is 0.136. The quantitative estimate of drug-likeness (QED) is 0.501. The van der Waals surface area contributed by atoms with Gasteiger partial charge in [-0.1, -0.05) is 30.3 Å². The third-order valence-corrected chi connectivity index (χ3v) is 5.45. The molecule has 0 aliphatic rings. The average molecular weight is 392 g/mol. The van der Waals surface area contributed by atoms with Crippen molar-refractivity contribution in [3.8, 4) is 11.5 Å². The normalized spacial score (nSPS) is 10.8. The van der Waals surface area contributed by atoms with Crippen LogP contribution in [0.3, 0.4) is 0 Å². The molecule has 28 heavy (non-hydrogen) atoms. The number of nitrogens with one attached hydrogen (secondary N) is 1. The first-order valence-electron chi connectivity index (χ1n) is 8.83. The molecule has 1 N–H and O–H groups in total. The zero-order chi connectivity index (χ0) is 19.5. The lowest BCUT2D eigenvalue weighted by atomic mass is 10.2. The molecule has 0 unspecified atom stereocenters. The van der Waals surface area contributed by atoms with E-state index >= 15 is 0 Å². The number of hydrogen-bond donors (Lipinski definition) is 1. The van der Waals surface area contributed by atoms with Crippen molar-refractivity contribution in [1.29, 1.82) is 0 Å². The monoisotopic (exact) mass is 392 g/mol. The number of methoxy groups -OCH3 is 2. The van der Waals surface area contributed by atoms with Gasteiger partial charge in [-0.2, -0.15) is 0 Å². The number of anilines is 1. The predicted octanol–water partition coefficient (Wildman–Crippen LogP) is 5.02. The highest BCUT2D eigenvalue weighted by atomic mass is 32.1. The molecule has 0 radical (unpaired) electrons. The van der Waals surface area contributed by atoms with Crippen LogP contribution in [0.2, 0.25) is 0 Å². The Kier molecular flexibility index (Phi) is 5.04. The van der Waals surface area contributed by atoms with Gasteiger partial charge in [-0.05, 0) is 35.2 Å². The molecular weight excluding hydrogens is 372 g/mol. The summed E-state index contributed by atoms with van der Waals surface area (Å²) in [6.45, 7) is 0.629. The minimum absolute atomic E-state index is 0.178. The Hall–Kier alpha value is -3.25. The van der Waals surface area contributed by atoms with Crippen LogP contribution in [0.15, 0.2) is 66.0 Å². The highest BCUT2D eigenvalue weighted by Crippen LogP contribution is 2.31. The minimum Gasteiger partial charge on any atom is -0.497 e. The lowest BCUT2D eigenvalue weighted by Gasteiger charge is -2.13. The van der Waals surface area contributed by atoms with Gasteiger partial charge in [0.2, 0.25) is 0 Å². The Labute approximate surface area is 167 Å². The van der Waals surface area contributed by atoms with Gasteiger partial charge < -0.3 is 19.4 Å². The summed E-state index contributed by atoms with van der Waals surface area (Å²) < 4.78 is 13.7. The zero-order valence-corrected chi connectivity index (χ0v) is 16.5. The van der Waals surface area contributed by atoms with Gasteiger partial charge in [-0.25, -0.2) is 0 Å². The van der Waals surface area contributed by atoms with Crippen LogP contribution in [0.4, 0.5) is 5.69 Å². The lowest BCUT2D eigenvalue weighted by Crippen LogP contribution is -2.18. The Bertz CT molecular complexity index is 1120. The molecule has 142 valence electrons. The fourth-order valence-corrected chi connectivity index (χ4v) is 4.01. The number of carbonyl (C=O) groups is 1. The van der Waals surface area contributed by atoms with E-state index in [2.05, 4.69) is 17.4 Å². The zero-order valence-electron chi connectivity index (χ0n) is 15.6. The van der Waals surface area contributed by atoms with E-state index in [9.17, 15) is 4.79 Å². The van der Waals surface area contributed by atoms with E-state index in [4.69, 9.17) is 9.47 Å². The van der Waals surface area contributed by atoms with E-state index in [0.717, 1.165) is 15.8 Å². The van der Waals surface area contributed by atoms with Gasteiger partial charge in [-0.3, -0.25) is 4.79 Å². The van der Waals surface area contributed by atoms with Gasteiger partial charge in [0, 0.05) is 12.6 Å². The molecule has 0 aliphatic heterocycles. The van der Waals surface area contributed by atoms with Gasteiger partial charge in [0.15, 0.2) is 0 Å². The number of benzene rings is 2. The molecule has 4 aromatic rings. The van der Waals surface area contributed by atoms with E-state index in [1.807, 2.05) is 40.3 Å². The van der Waals surface area contributed by atoms with Crippen LogP contribution < -0.4 is 14.8 Å². The second kappa shape index (κ2) is 7.78. The smallest absolute Gasteiger partial charge is 0.272 e. The molecule has 5 nitrogen and oxygen atoms in total. The first-order valence-corrected chi connectivity index (χ1v) is 9.71. The maximum absolute atomic E-state index is 13.1. The van der Waals surface area contributed by atoms with Crippen molar-refractivity contribution in [2.24, 2.45) is 0 Å². The Morgan fingerprint density at radius 2 is 1.86 bits per heavy atom. The topological polar surface area (TPSA) is 52.5 Å². The number of thiophene rings is 1. The van der Waals surface area contributed by atoms with Crippen molar-refractivity contribution in [2.45, 2.75) is 6.54 Å². The SMILES string of the molecule is COc1ccc(NC(=O)c2cc3sccc3n2Cc2ccccc2)c(OC)c1. The van der Waals surface area contributed by atoms with Crippen LogP contribution in [-0.2, 0) is 6.54 Å². The molecule has 0 saturated carbocycles. The molecule has 0 aliphatic carbocycles. The number of rotatable bonds is 6. The van der Waals surface area contributed by atoms with Crippen LogP contribution in [0.1, 0.15) is 16.1 Å². The summed E-state index contributed by atoms with van der Waals surface area (Å²) in [6, 6.07) is 19.4. The molecular formula is C22H20N2O3S. The summed E-state index contributed by atoms with van der Waals surface area (Å²) in [5, 5.41) is 5.01. The molecule has 4 rings (SSSR count). The Morgan fingerprint density at radius 3 is 2.61 bits per heavy atom. The second-order valence-corrected chi connectivity index (χ2v) is 7.24. The highest BCUT2D eigenvalue weighted by Gasteiger charge is 2.18. The minimum atomic E-state index is -0.178. The average Bonchev–Trinajstić information content (AvgIpc) is 3.32. The van der Waals surface area contributed by atoms with Gasteiger partial charge in [0.25, 0.3) is 5.91 Å². The number of fused-ring (bicyclic) bond motifs is 1. The van der Waals surface area contributed by atoms with Crippen molar-refractivity contribution in [3.05, 3.63) is 77.3 Å². The van der Waals surface area contributed by atoms with Crippen LogP contribution in [-0.4, -0.2) is 24.7 Å². The largest absolute Gasteiger partial charge is 0.497 e. The molecule has 2 heterocycles. The van der Waals surface area contributed by atoms with E-state index in [1.54, 1.807) is 43.8 Å². The standard InChI is InChI=1S/C22H20N2O3S/c1-26-16-8-9-17(20(12-16)27-2)23-22(25)19-13-21-18(10-11-28-21)24(19)14-15-6-4-3-5-7-15/h3-13H,14H2,1-2H3,(H,23,25). The summed E-state index contributed by atoms with van der Waals surface area (Å²) in [5.41, 5.74) is 3.41. The molecule has 1 amide bonds. The Balaban J connectivity index is 1.68. The Morgan fingerprint density at radius 1 is 1.04 bits per heavy atom. The third kappa shape index (κ3) is 3.46. The van der Waals surface area contributed by atoms with Gasteiger partial charge in [-0.15, -0.1) is 11.3 Å². The van der Waals surface area contributed by atoms with Crippen molar-refractivity contribution in [3.63, 3.8) is 0 Å². The number of hydrogen-bond acceptors (Lipinski definition) is 4. The van der Waals surface area contributed by atoms with Gasteiger partial charge >= 0.3 is 0 Å². The number of amides is 1. The second-order valence-electron chi connectivity index (χ2n) is 6.29. The van der Waals surface area contributed by atoms with Crippen LogP contribution in [0.25, 0.3) is 10.2 Å². The van der Waals surface area contributed by atoms with E-state index < -0.39 is 0 Å². The first-order chi connectivity index (χ1) is 13.7. The van der Waals surface area contributed by atoms with Gasteiger partial charge in [0.05, 0.1) is 30.1 Å². The summed E-state index contributed by atoms with van der Waals surface area (Å²) >= 11 is 1.63. The summed E-state index contributed by atoms with van der Waals surface area (Å²) in [5.74, 6) is 1.04. The first kappa shape index (κ1) is 18.1. The van der Waals surface area contributed by atoms with E-state index in [0.29, 0.717) is 29.4 Å². The predicted molar refractivity (Wildman–Crippen MR) is 113 cm³/mol. The third-order valence-electron chi connectivity index (χ3n) is 4.60. The fourth-order valence-electron chi connectivity index (χ4n) is 3.19. The van der Waals surface area contributed by atoms with Crippen molar-refractivity contribution >= 4 is 33.1 Å². The molecule has 2 aromatic carbocycles. The molecule has 0 atom stereocenters. The van der Waals surface area contributed by atoms with Crippen LogP contribution in [0.5, 0.6) is 11.5 Å². The van der Waals surface area contributed by atoms with E-state index in [1.165, 1.54) is 0 Å². The van der Waals surface area contributed by atoms with Gasteiger partial charge in [0.1, 0.15) is 17.2 Å². The number of aromatic nitrogens is 1. The lowest BCUT2D eigenvalue weighted by molar-refractivity contribution is 0.101. The summed E-state index contributed by atoms with van der Waals surface area (Å²) in [4.78, 5) is 13.1. The summed E-state index contributed by atoms with van der Waals surface area (Å²) in [7, 11) is 3.16. The number of nitrogens with zero attached hydrogens (tertiary/aromatic N) is 1. The maximum Gasteiger partial charge on any atom is 0.272 e.